The van der Waals surface area contributed by atoms with Gasteiger partial charge in [-0.3, -0.25) is 0 Å². The van der Waals surface area contributed by atoms with Crippen molar-refractivity contribution in [2.24, 2.45) is 0 Å². The molecule has 0 atom stereocenters. The normalized spacial score (nSPS) is 14.2. The van der Waals surface area contributed by atoms with Crippen LogP contribution in [-0.4, -0.2) is 0 Å². The van der Waals surface area contributed by atoms with Gasteiger partial charge in [0.15, 0.2) is 0 Å². The Hall–Kier alpha value is -6.80. The average Bonchev–Trinajstić information content (AvgIpc) is 3.84. The molecular formula is C61H46S. The van der Waals surface area contributed by atoms with Crippen LogP contribution in [0, 0.1) is 6.92 Å². The molecule has 62 heavy (non-hydrogen) atoms. The van der Waals surface area contributed by atoms with Crippen molar-refractivity contribution in [2.45, 2.75) is 45.4 Å². The van der Waals surface area contributed by atoms with Crippen molar-refractivity contribution in [1.82, 2.24) is 0 Å². The summed E-state index contributed by atoms with van der Waals surface area (Å²) in [5.41, 5.74) is 22.0. The van der Waals surface area contributed by atoms with E-state index in [1.54, 1.807) is 0 Å². The second-order valence-corrected chi connectivity index (χ2v) is 19.7. The predicted octanol–water partition coefficient (Wildman–Crippen LogP) is 17.4. The summed E-state index contributed by atoms with van der Waals surface area (Å²) in [6, 6.07) is 64.0. The summed E-state index contributed by atoms with van der Waals surface area (Å²) in [4.78, 5) is 1.35. The molecule has 0 amide bonds. The quantitative estimate of drug-likeness (QED) is 0.152. The van der Waals surface area contributed by atoms with Crippen molar-refractivity contribution < 1.29 is 0 Å². The first-order valence-corrected chi connectivity index (χ1v) is 22.7. The topological polar surface area (TPSA) is 0 Å². The van der Waals surface area contributed by atoms with Crippen LogP contribution in [0.5, 0.6) is 0 Å². The lowest BCUT2D eigenvalue weighted by molar-refractivity contribution is 0.659. The van der Waals surface area contributed by atoms with E-state index in [1.165, 1.54) is 131 Å². The maximum atomic E-state index is 4.41. The van der Waals surface area contributed by atoms with E-state index in [0.29, 0.717) is 0 Å². The van der Waals surface area contributed by atoms with Gasteiger partial charge >= 0.3 is 0 Å². The fourth-order valence-electron chi connectivity index (χ4n) is 11.5. The van der Waals surface area contributed by atoms with Gasteiger partial charge in [0, 0.05) is 31.4 Å². The van der Waals surface area contributed by atoms with Gasteiger partial charge in [-0.05, 0) is 142 Å². The van der Waals surface area contributed by atoms with Gasteiger partial charge in [-0.15, -0.1) is 11.3 Å². The van der Waals surface area contributed by atoms with Crippen LogP contribution in [0.15, 0.2) is 176 Å². The summed E-state index contributed by atoms with van der Waals surface area (Å²) in [5.74, 6) is 0. The number of fused-ring (bicyclic) bond motifs is 9. The van der Waals surface area contributed by atoms with Crippen molar-refractivity contribution >= 4 is 49.0 Å². The van der Waals surface area contributed by atoms with Crippen LogP contribution in [0.1, 0.15) is 60.4 Å². The highest BCUT2D eigenvalue weighted by Crippen LogP contribution is 2.56. The molecule has 0 aliphatic heterocycles. The van der Waals surface area contributed by atoms with Crippen LogP contribution in [0.2, 0.25) is 0 Å². The average molecular weight is 811 g/mol. The minimum absolute atomic E-state index is 0.148. The largest absolute Gasteiger partial charge is 0.140 e. The van der Waals surface area contributed by atoms with Crippen LogP contribution in [-0.2, 0) is 10.8 Å². The molecule has 10 aromatic rings. The van der Waals surface area contributed by atoms with Gasteiger partial charge < -0.3 is 0 Å². The summed E-state index contributed by atoms with van der Waals surface area (Å²) < 4.78 is 1.33. The second-order valence-electron chi connectivity index (χ2n) is 18.4. The molecule has 0 saturated carbocycles. The highest BCUT2D eigenvalue weighted by molar-refractivity contribution is 7.19. The molecule has 0 unspecified atom stereocenters. The lowest BCUT2D eigenvalue weighted by Gasteiger charge is -2.25. The molecule has 12 rings (SSSR count). The Bertz CT molecular complexity index is 3480. The van der Waals surface area contributed by atoms with Gasteiger partial charge in [0.2, 0.25) is 0 Å². The number of benzene rings is 9. The van der Waals surface area contributed by atoms with Crippen LogP contribution < -0.4 is 0 Å². The Morgan fingerprint density at radius 2 is 0.903 bits per heavy atom. The summed E-state index contributed by atoms with van der Waals surface area (Å²) in [6.07, 6.45) is 2.10. The molecule has 2 aliphatic carbocycles. The zero-order valence-electron chi connectivity index (χ0n) is 35.9. The number of thiophene rings is 1. The van der Waals surface area contributed by atoms with E-state index in [9.17, 15) is 0 Å². The summed E-state index contributed by atoms with van der Waals surface area (Å²) >= 11 is 1.88. The van der Waals surface area contributed by atoms with Gasteiger partial charge in [0.25, 0.3) is 0 Å². The third kappa shape index (κ3) is 5.12. The summed E-state index contributed by atoms with van der Waals surface area (Å²) in [7, 11) is 0. The fourth-order valence-corrected chi connectivity index (χ4v) is 12.6. The summed E-state index contributed by atoms with van der Waals surface area (Å²) in [5, 5.41) is 6.46. The zero-order chi connectivity index (χ0) is 42.1. The minimum Gasteiger partial charge on any atom is -0.140 e. The van der Waals surface area contributed by atoms with E-state index in [2.05, 4.69) is 217 Å². The van der Waals surface area contributed by atoms with Gasteiger partial charge in [-0.25, -0.2) is 0 Å². The predicted molar refractivity (Wildman–Crippen MR) is 269 cm³/mol. The molecule has 1 aromatic heterocycles. The third-order valence-corrected chi connectivity index (χ3v) is 15.5. The van der Waals surface area contributed by atoms with Crippen molar-refractivity contribution in [2.75, 3.05) is 0 Å². The Morgan fingerprint density at radius 1 is 0.403 bits per heavy atom. The fraction of sp³-hybridized carbons (Fsp3) is 0.115. The molecule has 1 heteroatoms. The second kappa shape index (κ2) is 13.3. The van der Waals surface area contributed by atoms with Gasteiger partial charge in [0.1, 0.15) is 0 Å². The van der Waals surface area contributed by atoms with E-state index in [-0.39, 0.29) is 10.8 Å². The van der Waals surface area contributed by atoms with E-state index in [0.717, 1.165) is 0 Å². The summed E-state index contributed by atoms with van der Waals surface area (Å²) in [6.45, 7) is 16.2. The van der Waals surface area contributed by atoms with Crippen LogP contribution >= 0.6 is 11.3 Å². The van der Waals surface area contributed by atoms with Crippen LogP contribution in [0.3, 0.4) is 0 Å². The molecule has 0 spiro atoms. The molecule has 9 aromatic carbocycles. The zero-order valence-corrected chi connectivity index (χ0v) is 36.7. The number of hydrogen-bond donors (Lipinski definition) is 0. The third-order valence-electron chi connectivity index (χ3n) is 14.4. The van der Waals surface area contributed by atoms with E-state index in [1.807, 2.05) is 11.3 Å². The monoisotopic (exact) mass is 810 g/mol. The number of rotatable bonds is 5. The molecular weight excluding hydrogens is 765 g/mol. The highest BCUT2D eigenvalue weighted by atomic mass is 32.1. The molecule has 1 heterocycles. The lowest BCUT2D eigenvalue weighted by atomic mass is 9.78. The standard InChI is InChI=1S/C61H46S/c1-7-41-47(56-36(2)62-55-24-16-15-23-49(55)56)29-30-48-51-33-38(26-31-53(51)61(5,6)59(41)48)39-25-28-42-50-34-40(27-32-52(50)60(3,4)54(42)35-39)58-45-21-13-11-19-43(45)57(37-17-9-8-10-18-37)44-20-12-14-22-46(44)58/h7-35H,1H2,2-6H3. The van der Waals surface area contributed by atoms with E-state index in [4.69, 9.17) is 0 Å². The van der Waals surface area contributed by atoms with Crippen molar-refractivity contribution in [1.29, 1.82) is 0 Å². The van der Waals surface area contributed by atoms with Crippen molar-refractivity contribution in [3.63, 3.8) is 0 Å². The van der Waals surface area contributed by atoms with Gasteiger partial charge in [0.05, 0.1) is 0 Å². The Balaban J connectivity index is 0.971. The molecule has 0 bridgehead atoms. The van der Waals surface area contributed by atoms with E-state index >= 15 is 0 Å². The SMILES string of the molecule is C=Cc1c(-c2c(C)sc3ccccc23)ccc2c1C(C)(C)c1ccc(-c3ccc4c(c3)C(C)(C)c3ccc(-c5c6ccccc6c(-c6ccccc6)c6ccccc56)cc3-4)cc1-2. The Kier molecular flexibility index (Phi) is 7.97. The van der Waals surface area contributed by atoms with Gasteiger partial charge in [-0.1, -0.05) is 186 Å². The first-order valence-electron chi connectivity index (χ1n) is 21.9. The smallest absolute Gasteiger partial charge is 0.0352 e. The highest BCUT2D eigenvalue weighted by Gasteiger charge is 2.39. The molecule has 0 fully saturated rings. The molecule has 0 N–H and O–H groups in total. The first kappa shape index (κ1) is 37.0. The number of hydrogen-bond acceptors (Lipinski definition) is 1. The maximum Gasteiger partial charge on any atom is 0.0352 e. The molecule has 0 nitrogen and oxygen atoms in total. The Labute approximate surface area is 368 Å². The molecule has 0 saturated heterocycles. The van der Waals surface area contributed by atoms with Gasteiger partial charge in [-0.2, -0.15) is 0 Å². The lowest BCUT2D eigenvalue weighted by Crippen LogP contribution is -2.17. The molecule has 2 aliphatic rings. The maximum absolute atomic E-state index is 4.41. The number of aryl methyl sites for hydroxylation is 1. The van der Waals surface area contributed by atoms with Crippen molar-refractivity contribution in [3.8, 4) is 66.8 Å². The first-order chi connectivity index (χ1) is 30.1. The van der Waals surface area contributed by atoms with Crippen LogP contribution in [0.4, 0.5) is 0 Å². The van der Waals surface area contributed by atoms with Crippen LogP contribution in [0.25, 0.3) is 104 Å². The van der Waals surface area contributed by atoms with Crippen molar-refractivity contribution in [3.05, 3.63) is 209 Å². The Morgan fingerprint density at radius 3 is 1.58 bits per heavy atom. The molecule has 296 valence electrons. The van der Waals surface area contributed by atoms with E-state index < -0.39 is 0 Å². The molecule has 0 radical (unpaired) electrons. The minimum atomic E-state index is -0.166.